The van der Waals surface area contributed by atoms with Gasteiger partial charge in [-0.25, -0.2) is 15.0 Å². The third kappa shape index (κ3) is 5.72. The highest BCUT2D eigenvalue weighted by molar-refractivity contribution is 7.26. The van der Waals surface area contributed by atoms with Gasteiger partial charge in [0.2, 0.25) is 0 Å². The molecule has 0 atom stereocenters. The van der Waals surface area contributed by atoms with Crippen LogP contribution >= 0.6 is 22.7 Å². The van der Waals surface area contributed by atoms with Crippen molar-refractivity contribution < 1.29 is 4.42 Å². The zero-order chi connectivity index (χ0) is 45.9. The van der Waals surface area contributed by atoms with Crippen molar-refractivity contribution in [2.45, 2.75) is 5.41 Å². The van der Waals surface area contributed by atoms with Crippen LogP contribution in [0.2, 0.25) is 0 Å². The molecule has 326 valence electrons. The Morgan fingerprint density at radius 2 is 0.786 bits per heavy atom. The Labute approximate surface area is 410 Å². The van der Waals surface area contributed by atoms with Crippen LogP contribution in [0.1, 0.15) is 22.3 Å². The van der Waals surface area contributed by atoms with E-state index in [2.05, 4.69) is 224 Å². The third-order valence-corrected chi connectivity index (χ3v) is 16.7. The lowest BCUT2D eigenvalue weighted by atomic mass is 9.67. The number of benzene rings is 10. The summed E-state index contributed by atoms with van der Waals surface area (Å²) >= 11 is 3.60. The Morgan fingerprint density at radius 3 is 1.41 bits per heavy atom. The summed E-state index contributed by atoms with van der Waals surface area (Å²) in [4.78, 5) is 16.3. The van der Waals surface area contributed by atoms with Crippen molar-refractivity contribution in [2.24, 2.45) is 0 Å². The lowest BCUT2D eigenvalue weighted by Crippen LogP contribution is -2.28. The molecule has 0 N–H and O–H groups in total. The number of nitrogens with zero attached hydrogens (tertiary/aromatic N) is 3. The first-order valence-corrected chi connectivity index (χ1v) is 25.2. The topological polar surface area (TPSA) is 51.8 Å². The zero-order valence-corrected chi connectivity index (χ0v) is 39.1. The van der Waals surface area contributed by atoms with Gasteiger partial charge in [-0.1, -0.05) is 176 Å². The van der Waals surface area contributed by atoms with Crippen LogP contribution in [0.5, 0.6) is 0 Å². The smallest absolute Gasteiger partial charge is 0.164 e. The molecule has 4 heterocycles. The van der Waals surface area contributed by atoms with Gasteiger partial charge < -0.3 is 4.42 Å². The summed E-state index contributed by atoms with van der Waals surface area (Å²) in [5, 5.41) is 6.68. The Morgan fingerprint density at radius 1 is 0.314 bits per heavy atom. The predicted molar refractivity (Wildman–Crippen MR) is 292 cm³/mol. The molecule has 0 radical (unpaired) electrons. The molecule has 0 unspecified atom stereocenters. The fourth-order valence-corrected chi connectivity index (χ4v) is 13.7. The van der Waals surface area contributed by atoms with Crippen LogP contribution in [0.3, 0.4) is 0 Å². The number of aromatic nitrogens is 3. The highest BCUT2D eigenvalue weighted by Gasteiger charge is 2.46. The lowest BCUT2D eigenvalue weighted by Gasteiger charge is -2.34. The zero-order valence-electron chi connectivity index (χ0n) is 37.4. The normalized spacial score (nSPS) is 13.0. The molecule has 6 heteroatoms. The van der Waals surface area contributed by atoms with Gasteiger partial charge in [-0.3, -0.25) is 0 Å². The van der Waals surface area contributed by atoms with E-state index < -0.39 is 5.41 Å². The van der Waals surface area contributed by atoms with Gasteiger partial charge in [0.1, 0.15) is 11.2 Å². The molecule has 0 aliphatic heterocycles. The van der Waals surface area contributed by atoms with Crippen molar-refractivity contribution in [3.63, 3.8) is 0 Å². The first-order valence-electron chi connectivity index (χ1n) is 23.6. The standard InChI is InChI=1S/C64H37N3OS2/c1-3-16-40(17-4-1)64(41-18-5-2-6-19-41)50-26-10-7-20-42(50)43-34-32-39(37-51(43)64)38-33-35-52-49(36-38)58-46(23-13-27-53(58)68-52)61-65-62(47-24-14-30-56-59(47)44-21-8-11-28-54(44)69-56)67-63(66-61)48-25-15-31-57-60(48)45-22-9-12-29-55(45)70-57/h1-37H. The Bertz CT molecular complexity index is 4260. The first-order chi connectivity index (χ1) is 34.7. The predicted octanol–water partition coefficient (Wildman–Crippen LogP) is 17.5. The highest BCUT2D eigenvalue weighted by atomic mass is 32.1. The molecular formula is C64H37N3OS2. The quantitative estimate of drug-likeness (QED) is 0.167. The van der Waals surface area contributed by atoms with E-state index in [0.29, 0.717) is 17.5 Å². The summed E-state index contributed by atoms with van der Waals surface area (Å²) in [7, 11) is 0. The number of hydrogen-bond acceptors (Lipinski definition) is 6. The number of furan rings is 1. The van der Waals surface area contributed by atoms with E-state index in [0.717, 1.165) is 60.5 Å². The summed E-state index contributed by atoms with van der Waals surface area (Å²) in [6.07, 6.45) is 0. The molecule has 4 nitrogen and oxygen atoms in total. The summed E-state index contributed by atoms with van der Waals surface area (Å²) in [6.45, 7) is 0. The minimum absolute atomic E-state index is 0.503. The summed E-state index contributed by atoms with van der Waals surface area (Å²) in [5.41, 5.74) is 13.7. The average molecular weight is 928 g/mol. The van der Waals surface area contributed by atoms with Gasteiger partial charge in [0.25, 0.3) is 0 Å². The number of hydrogen-bond donors (Lipinski definition) is 0. The van der Waals surface area contributed by atoms with Gasteiger partial charge >= 0.3 is 0 Å². The van der Waals surface area contributed by atoms with Gasteiger partial charge in [0.15, 0.2) is 17.5 Å². The van der Waals surface area contributed by atoms with Crippen molar-refractivity contribution in [3.05, 3.63) is 247 Å². The second kappa shape index (κ2) is 15.2. The molecule has 15 rings (SSSR count). The fraction of sp³-hybridized carbons (Fsp3) is 0.0156. The number of thiophene rings is 2. The maximum absolute atomic E-state index is 6.72. The SMILES string of the molecule is c1ccc(C2(c3ccccc3)c3ccccc3-c3ccc(-c4ccc5oc6cccc(-c7nc(-c8cccc9sc%10ccccc%10c89)nc(-c8cccc9sc%10ccccc%10c89)n7)c6c5c4)cc32)cc1. The van der Waals surface area contributed by atoms with Crippen molar-refractivity contribution >= 4 is 85.0 Å². The van der Waals surface area contributed by atoms with E-state index >= 15 is 0 Å². The Hall–Kier alpha value is -8.55. The second-order valence-corrected chi connectivity index (χ2v) is 20.3. The summed E-state index contributed by atoms with van der Waals surface area (Å²) in [5.74, 6) is 1.86. The minimum Gasteiger partial charge on any atom is -0.456 e. The van der Waals surface area contributed by atoms with Gasteiger partial charge in [0, 0.05) is 67.8 Å². The van der Waals surface area contributed by atoms with Crippen LogP contribution in [0.25, 0.3) is 119 Å². The maximum atomic E-state index is 6.72. The molecule has 0 fully saturated rings. The van der Waals surface area contributed by atoms with E-state index in [1.807, 2.05) is 0 Å². The number of fused-ring (bicyclic) bond motifs is 12. The molecule has 0 saturated heterocycles. The summed E-state index contributed by atoms with van der Waals surface area (Å²) < 4.78 is 11.6. The fourth-order valence-electron chi connectivity index (χ4n) is 11.5. The first kappa shape index (κ1) is 39.4. The van der Waals surface area contributed by atoms with Gasteiger partial charge in [-0.15, -0.1) is 22.7 Å². The molecule has 0 saturated carbocycles. The van der Waals surface area contributed by atoms with Crippen LogP contribution in [-0.4, -0.2) is 15.0 Å². The summed E-state index contributed by atoms with van der Waals surface area (Å²) in [6, 6.07) is 80.9. The average Bonchev–Trinajstić information content (AvgIpc) is 4.19. The van der Waals surface area contributed by atoms with Crippen LogP contribution in [0, 0.1) is 0 Å². The molecule has 1 aliphatic carbocycles. The second-order valence-electron chi connectivity index (χ2n) is 18.1. The highest BCUT2D eigenvalue weighted by Crippen LogP contribution is 2.57. The minimum atomic E-state index is -0.503. The van der Waals surface area contributed by atoms with Crippen LogP contribution < -0.4 is 0 Å². The molecule has 1 aliphatic rings. The van der Waals surface area contributed by atoms with Gasteiger partial charge in [-0.2, -0.15) is 0 Å². The van der Waals surface area contributed by atoms with E-state index in [1.54, 1.807) is 22.7 Å². The van der Waals surface area contributed by atoms with Crippen molar-refractivity contribution in [3.8, 4) is 56.4 Å². The van der Waals surface area contributed by atoms with E-state index in [-0.39, 0.29) is 0 Å². The van der Waals surface area contributed by atoms with Crippen LogP contribution in [-0.2, 0) is 5.41 Å². The van der Waals surface area contributed by atoms with E-state index in [4.69, 9.17) is 19.4 Å². The van der Waals surface area contributed by atoms with E-state index in [9.17, 15) is 0 Å². The van der Waals surface area contributed by atoms with Gasteiger partial charge in [0.05, 0.1) is 5.41 Å². The van der Waals surface area contributed by atoms with Crippen molar-refractivity contribution in [1.82, 2.24) is 15.0 Å². The lowest BCUT2D eigenvalue weighted by molar-refractivity contribution is 0.669. The van der Waals surface area contributed by atoms with Crippen molar-refractivity contribution in [1.29, 1.82) is 0 Å². The van der Waals surface area contributed by atoms with Gasteiger partial charge in [-0.05, 0) is 93.0 Å². The molecule has 0 spiro atoms. The van der Waals surface area contributed by atoms with Crippen LogP contribution in [0.15, 0.2) is 229 Å². The van der Waals surface area contributed by atoms with Crippen molar-refractivity contribution in [2.75, 3.05) is 0 Å². The largest absolute Gasteiger partial charge is 0.456 e. The molecular weight excluding hydrogens is 891 g/mol. The third-order valence-electron chi connectivity index (χ3n) is 14.4. The Kier molecular flexibility index (Phi) is 8.58. The Balaban J connectivity index is 0.957. The number of rotatable bonds is 6. The molecule has 70 heavy (non-hydrogen) atoms. The molecule has 0 amide bonds. The maximum Gasteiger partial charge on any atom is 0.164 e. The molecule has 4 aromatic heterocycles. The molecule has 14 aromatic rings. The molecule has 10 aromatic carbocycles. The van der Waals surface area contributed by atoms with E-state index in [1.165, 1.54) is 63.0 Å². The monoisotopic (exact) mass is 927 g/mol. The van der Waals surface area contributed by atoms with Crippen LogP contribution in [0.4, 0.5) is 0 Å². The molecule has 0 bridgehead atoms.